The number of methoxy groups -OCH3 is 6. The number of nitrogens with one attached hydrogen (secondary N) is 3. The molecule has 12 rings (SSSR count). The Hall–Kier alpha value is -9.18. The van der Waals surface area contributed by atoms with Crippen LogP contribution >= 0.6 is 33.3 Å². The van der Waals surface area contributed by atoms with Crippen molar-refractivity contribution in [3.8, 4) is 22.5 Å². The number of nitrogens with zero attached hydrogens (tertiary/aromatic N) is 3. The van der Waals surface area contributed by atoms with Crippen LogP contribution in [-0.2, 0) is 87.5 Å². The van der Waals surface area contributed by atoms with Crippen LogP contribution in [0.3, 0.4) is 0 Å². The van der Waals surface area contributed by atoms with Gasteiger partial charge in [0.25, 0.3) is 23.3 Å². The van der Waals surface area contributed by atoms with Gasteiger partial charge in [0.2, 0.25) is 28.9 Å². The minimum Gasteiger partial charge on any atom is -0.466 e. The van der Waals surface area contributed by atoms with Crippen LogP contribution in [0.1, 0.15) is 215 Å². The number of aromatic amines is 2. The van der Waals surface area contributed by atoms with E-state index in [9.17, 15) is 57.5 Å². The smallest absolute Gasteiger partial charge is 0.354 e. The molecule has 0 unspecified atom stereocenters. The average Bonchev–Trinajstić information content (AvgIpc) is 1.49. The third-order valence-corrected chi connectivity index (χ3v) is 22.3. The number of ketones is 5. The van der Waals surface area contributed by atoms with Gasteiger partial charge in [-0.1, -0.05) is 60.1 Å². The van der Waals surface area contributed by atoms with Crippen LogP contribution < -0.4 is 5.48 Å². The maximum Gasteiger partial charge on any atom is 0.354 e. The molecule has 0 radical (unpaired) electrons. The molecule has 3 N–H and O–H groups in total. The molecule has 36 heteroatoms. The van der Waals surface area contributed by atoms with E-state index in [-0.39, 0.29) is 178 Å². The maximum atomic E-state index is 14.0. The number of aromatic nitrogens is 5. The fraction of sp³-hybridized carbons (Fsp3) is 0.487. The molecule has 5 aromatic rings. The van der Waals surface area contributed by atoms with E-state index in [0.29, 0.717) is 25.2 Å². The first-order valence-electron chi connectivity index (χ1n) is 36.1. The lowest BCUT2D eigenvalue weighted by atomic mass is 9.81. The first-order valence-corrected chi connectivity index (χ1v) is 40.0. The van der Waals surface area contributed by atoms with Crippen molar-refractivity contribution in [1.29, 1.82) is 0 Å². The molecule has 3 saturated heterocycles. The summed E-state index contributed by atoms with van der Waals surface area (Å²) in [5.41, 5.74) is 2.77. The summed E-state index contributed by atoms with van der Waals surface area (Å²) >= 11 is 1.81. The van der Waals surface area contributed by atoms with Crippen LogP contribution in [0.4, 0.5) is 0 Å². The number of carbonyl (C=O) groups is 12. The Labute approximate surface area is 654 Å². The summed E-state index contributed by atoms with van der Waals surface area (Å²) in [6.07, 6.45) is 14.8. The van der Waals surface area contributed by atoms with Crippen LogP contribution in [0.2, 0.25) is 0 Å². The van der Waals surface area contributed by atoms with Gasteiger partial charge >= 0.3 is 35.8 Å². The Morgan fingerprint density at radius 3 is 1.26 bits per heavy atom. The van der Waals surface area contributed by atoms with Crippen molar-refractivity contribution in [2.75, 3.05) is 139 Å². The van der Waals surface area contributed by atoms with E-state index in [1.54, 1.807) is 0 Å². The first kappa shape index (κ1) is 83.7. The van der Waals surface area contributed by atoms with Crippen molar-refractivity contribution < 1.29 is 129 Å². The van der Waals surface area contributed by atoms with Crippen LogP contribution in [0.25, 0.3) is 28.1 Å². The van der Waals surface area contributed by atoms with E-state index in [0.717, 1.165) is 87.9 Å². The number of hydrogen-bond donors (Lipinski definition) is 3. The fourth-order valence-electron chi connectivity index (χ4n) is 13.7. The number of hydrogen-bond acceptors (Lipinski definition) is 33. The summed E-state index contributed by atoms with van der Waals surface area (Å²) in [7, 11) is 10.8. The second-order valence-electron chi connectivity index (χ2n) is 26.0. The standard InChI is InChI=1S/C50H54N4O18S2.C26H30N2O9S/c1-63-45(59)27-21-28-31(22-27)49(68-15-16-69-49)42(56)40-37(28)29(46(60)64-2)24-34(52-40)44(58)54-72-14-10-6-8-12-20-74-73-19-11-7-5-9-13-67-26-36(55)33-23-30(47(61)65-3)38-39-32(25-35(53-39)48(62)66-4)50(70-17-18-71-50)43(57)41(38)51-33;1-33-24(31)15-12-17(19(29)14-35-8-6-4-5-7-11-38-3)27-22-20(15)21-16(13-18(28-21)25(32)34-2)26(23(22)30)36-9-10-37-26/h22-25,53H,5-21,26H2,1-4H3,(H,54,58);12-13,28H,4-11,14H2,1-3H3. The van der Waals surface area contributed by atoms with Crippen LogP contribution in [-0.4, -0.2) is 240 Å². The second kappa shape index (κ2) is 38.1. The molecule has 7 aliphatic rings. The van der Waals surface area contributed by atoms with Gasteiger partial charge in [0.15, 0.2) is 0 Å². The fourth-order valence-corrected chi connectivity index (χ4v) is 16.5. The molecule has 598 valence electrons. The van der Waals surface area contributed by atoms with E-state index in [1.807, 2.05) is 33.3 Å². The Balaban J connectivity index is 0.000000273. The number of fused-ring (bicyclic) bond motifs is 11. The predicted molar refractivity (Wildman–Crippen MR) is 398 cm³/mol. The van der Waals surface area contributed by atoms with Crippen molar-refractivity contribution >= 4 is 110 Å². The molecular weight excluding hydrogens is 1530 g/mol. The zero-order valence-corrected chi connectivity index (χ0v) is 65.1. The predicted octanol–water partition coefficient (Wildman–Crippen LogP) is 8.66. The van der Waals surface area contributed by atoms with Gasteiger partial charge in [0.1, 0.15) is 58.8 Å². The molecule has 1 amide bonds. The average molecular weight is 1610 g/mol. The molecule has 3 aliphatic heterocycles. The first-order chi connectivity index (χ1) is 54.2. The van der Waals surface area contributed by atoms with Crippen molar-refractivity contribution in [2.45, 2.75) is 101 Å². The number of rotatable bonds is 36. The number of hydroxylamine groups is 1. The Morgan fingerprint density at radius 1 is 0.446 bits per heavy atom. The Morgan fingerprint density at radius 2 is 0.821 bits per heavy atom. The summed E-state index contributed by atoms with van der Waals surface area (Å²) in [5, 5.41) is 0. The largest absolute Gasteiger partial charge is 0.466 e. The lowest BCUT2D eigenvalue weighted by Crippen LogP contribution is -2.45. The molecule has 5 aromatic heterocycles. The normalized spacial score (nSPS) is 16.2. The lowest BCUT2D eigenvalue weighted by molar-refractivity contribution is -0.136. The SMILES string of the molecule is COC(=O)C1=CC2=C(C1)c1c(C(=O)OC)cc(C(=O)NOCCCCCCSSCCCCCCOCC(=O)c3cc(C(=O)OC)c4c(n3)C(=O)C3(OCCO3)c3cc(C(=O)OC)[nH]c3-4)nc1C(=O)C21OCCO1.COC(=O)c1cc2c([nH]1)-c1c(C(=O)OC)cc(C(=O)COCCCCCCSC)nc1C(=O)C21OCCO1. The highest BCUT2D eigenvalue weighted by Crippen LogP contribution is 2.52. The maximum absolute atomic E-state index is 14.0. The highest BCUT2D eigenvalue weighted by molar-refractivity contribution is 8.76. The van der Waals surface area contributed by atoms with E-state index in [2.05, 4.69) is 36.7 Å². The zero-order chi connectivity index (χ0) is 79.9. The minimum atomic E-state index is -1.93. The van der Waals surface area contributed by atoms with E-state index in [4.69, 9.17) is 71.2 Å². The Bertz CT molecular complexity index is 4560. The summed E-state index contributed by atoms with van der Waals surface area (Å²) < 4.78 is 75.5. The number of ether oxygens (including phenoxy) is 14. The topological polar surface area (TPSA) is 426 Å². The molecule has 33 nitrogen and oxygen atoms in total. The van der Waals surface area contributed by atoms with Gasteiger partial charge < -0.3 is 76.3 Å². The van der Waals surface area contributed by atoms with Crippen LogP contribution in [0, 0.1) is 0 Å². The van der Waals surface area contributed by atoms with E-state index in [1.165, 1.54) is 79.1 Å². The van der Waals surface area contributed by atoms with E-state index >= 15 is 0 Å². The molecule has 112 heavy (non-hydrogen) atoms. The molecule has 3 spiro atoms. The van der Waals surface area contributed by atoms with Crippen LogP contribution in [0.15, 0.2) is 47.6 Å². The van der Waals surface area contributed by atoms with Gasteiger partial charge in [-0.3, -0.25) is 33.6 Å². The number of unbranched alkanes of at least 4 members (excludes halogenated alkanes) is 9. The van der Waals surface area contributed by atoms with E-state index < -0.39 is 88.0 Å². The van der Waals surface area contributed by atoms with Crippen LogP contribution in [0.5, 0.6) is 0 Å². The molecule has 8 heterocycles. The number of Topliss-reactive ketones (excluding diaryl/α,β-unsaturated/α-hetero) is 5. The monoisotopic (exact) mass is 1610 g/mol. The zero-order valence-electron chi connectivity index (χ0n) is 62.6. The summed E-state index contributed by atoms with van der Waals surface area (Å²) in [6, 6.07) is 6.50. The number of allylic oxidation sites excluding steroid dienone is 1. The highest BCUT2D eigenvalue weighted by atomic mass is 33.1. The van der Waals surface area contributed by atoms with Crippen molar-refractivity contribution in [3.63, 3.8) is 0 Å². The Kier molecular flexibility index (Phi) is 28.5. The summed E-state index contributed by atoms with van der Waals surface area (Å²) in [4.78, 5) is 182. The molecule has 4 aliphatic carbocycles. The molecule has 3 fully saturated rings. The summed E-state index contributed by atoms with van der Waals surface area (Å²) in [5.74, 6) is -11.1. The molecule has 0 aromatic carbocycles. The quantitative estimate of drug-likeness (QED) is 0.00842. The van der Waals surface area contributed by atoms with Gasteiger partial charge in [0.05, 0.1) is 117 Å². The van der Waals surface area contributed by atoms with Gasteiger partial charge in [-0.25, -0.2) is 49.2 Å². The molecular formula is C76H84N6O27S3. The third-order valence-electron chi connectivity index (χ3n) is 19.1. The van der Waals surface area contributed by atoms with Gasteiger partial charge in [-0.05, 0) is 92.5 Å². The summed E-state index contributed by atoms with van der Waals surface area (Å²) in [6.45, 7) is 0.951. The molecule has 0 saturated carbocycles. The lowest BCUT2D eigenvalue weighted by Gasteiger charge is -2.32. The molecule has 0 atom stereocenters. The number of H-pyrrole nitrogens is 2. The number of amides is 1. The van der Waals surface area contributed by atoms with Crippen molar-refractivity contribution in [1.82, 2.24) is 30.4 Å². The third kappa shape index (κ3) is 17.3. The number of pyridine rings is 3. The molecule has 0 bridgehead atoms. The van der Waals surface area contributed by atoms with Gasteiger partial charge in [0, 0.05) is 70.1 Å². The minimum absolute atomic E-state index is 0.00869. The highest BCUT2D eigenvalue weighted by Gasteiger charge is 2.58. The van der Waals surface area contributed by atoms with Crippen molar-refractivity contribution in [3.05, 3.63) is 126 Å². The van der Waals surface area contributed by atoms with Gasteiger partial charge in [-0.2, -0.15) is 11.8 Å². The van der Waals surface area contributed by atoms with Crippen molar-refractivity contribution in [2.24, 2.45) is 0 Å². The number of esters is 6. The second-order valence-corrected chi connectivity index (χ2v) is 29.7. The van der Waals surface area contributed by atoms with Gasteiger partial charge in [-0.15, -0.1) is 0 Å². The number of carbonyl (C=O) groups excluding carboxylic acids is 12. The number of thioether (sulfide) groups is 1.